The first kappa shape index (κ1) is 38.1. The van der Waals surface area contributed by atoms with Gasteiger partial charge >= 0.3 is 0 Å². The van der Waals surface area contributed by atoms with E-state index in [9.17, 15) is 4.39 Å². The zero-order valence-electron chi connectivity index (χ0n) is 33.2. The topological polar surface area (TPSA) is 132 Å². The van der Waals surface area contributed by atoms with Crippen LogP contribution in [0, 0.1) is 39.3 Å². The van der Waals surface area contributed by atoms with Crippen molar-refractivity contribution in [3.63, 3.8) is 0 Å². The quantitative estimate of drug-likeness (QED) is 0.179. The third kappa shape index (κ3) is 7.51. The molecule has 6 aromatic heterocycles. The molecule has 1 N–H and O–H groups in total. The van der Waals surface area contributed by atoms with Crippen molar-refractivity contribution in [2.75, 3.05) is 32.7 Å². The van der Waals surface area contributed by atoms with E-state index in [1.807, 2.05) is 57.2 Å². The highest BCUT2D eigenvalue weighted by atomic mass is 32.1. The third-order valence-electron chi connectivity index (χ3n) is 11.4. The molecule has 0 atom stereocenters. The van der Waals surface area contributed by atoms with Gasteiger partial charge in [0.1, 0.15) is 27.7 Å². The molecule has 0 bridgehead atoms. The lowest BCUT2D eigenvalue weighted by atomic mass is 9.92. The molecule has 0 radical (unpaired) electrons. The fraction of sp³-hybridized carbons (Fsp3) is 0.364. The number of halogens is 2. The van der Waals surface area contributed by atoms with Crippen molar-refractivity contribution in [2.45, 2.75) is 72.1 Å². The fourth-order valence-corrected chi connectivity index (χ4v) is 9.33. The number of rotatable bonds is 5. The van der Waals surface area contributed by atoms with Crippen LogP contribution in [-0.4, -0.2) is 78.0 Å². The lowest BCUT2D eigenvalue weighted by Gasteiger charge is -2.30. The summed E-state index contributed by atoms with van der Waals surface area (Å²) in [7, 11) is 0. The Kier molecular flexibility index (Phi) is 10.3. The van der Waals surface area contributed by atoms with E-state index in [-0.39, 0.29) is 11.6 Å². The number of likely N-dealkylation sites (tertiary alicyclic amines) is 1. The summed E-state index contributed by atoms with van der Waals surface area (Å²) in [4.78, 5) is 20.5. The second kappa shape index (κ2) is 15.7. The fourth-order valence-electron chi connectivity index (χ4n) is 8.23. The van der Waals surface area contributed by atoms with Gasteiger partial charge in [-0.2, -0.15) is 20.4 Å². The van der Waals surface area contributed by atoms with Crippen LogP contribution >= 0.6 is 11.3 Å². The van der Waals surface area contributed by atoms with Gasteiger partial charge in [-0.3, -0.25) is 4.98 Å². The molecular weight excluding hydrogens is 755 g/mol. The zero-order chi connectivity index (χ0) is 40.1. The molecule has 0 spiro atoms. The van der Waals surface area contributed by atoms with E-state index in [1.54, 1.807) is 24.3 Å². The van der Waals surface area contributed by atoms with Crippen LogP contribution < -0.4 is 5.32 Å². The summed E-state index contributed by atoms with van der Waals surface area (Å²) >= 11 is 1.55. The normalized spacial score (nSPS) is 15.8. The number of thiazole rings is 1. The number of hydrogen-bond acceptors (Lipinski definition) is 12. The number of nitrogens with zero attached hydrogens (tertiary/aromatic N) is 9. The minimum atomic E-state index is -0.314. The first-order valence-electron chi connectivity index (χ1n) is 20.0. The van der Waals surface area contributed by atoms with Crippen molar-refractivity contribution in [3.05, 3.63) is 94.4 Å². The lowest BCUT2D eigenvalue weighted by Crippen LogP contribution is -2.32. The van der Waals surface area contributed by atoms with Gasteiger partial charge in [-0.25, -0.2) is 23.7 Å². The number of oxazole rings is 1. The van der Waals surface area contributed by atoms with E-state index in [4.69, 9.17) is 9.40 Å². The van der Waals surface area contributed by atoms with Crippen molar-refractivity contribution in [1.82, 2.24) is 50.5 Å². The second-order valence-corrected chi connectivity index (χ2v) is 16.5. The Morgan fingerprint density at radius 2 is 1.34 bits per heavy atom. The molecule has 2 aromatic carbocycles. The molecule has 2 saturated heterocycles. The highest BCUT2D eigenvalue weighted by molar-refractivity contribution is 7.21. The highest BCUT2D eigenvalue weighted by Crippen LogP contribution is 2.36. The van der Waals surface area contributed by atoms with Crippen LogP contribution in [0.5, 0.6) is 0 Å². The molecule has 0 saturated carbocycles. The molecule has 58 heavy (non-hydrogen) atoms. The van der Waals surface area contributed by atoms with Crippen LogP contribution in [0.4, 0.5) is 8.78 Å². The smallest absolute Gasteiger partial charge is 0.247 e. The summed E-state index contributed by atoms with van der Waals surface area (Å²) in [5.41, 5.74) is 9.74. The Labute approximate surface area is 338 Å². The predicted octanol–water partition coefficient (Wildman–Crippen LogP) is 9.31. The van der Waals surface area contributed by atoms with E-state index < -0.39 is 0 Å². The summed E-state index contributed by atoms with van der Waals surface area (Å²) in [5.74, 6) is 0.662. The number of piperidine rings is 2. The molecule has 2 aliphatic heterocycles. The van der Waals surface area contributed by atoms with Gasteiger partial charge in [-0.05, 0) is 133 Å². The number of fused-ring (bicyclic) bond motifs is 4. The molecule has 11 nitrogen and oxygen atoms in total. The van der Waals surface area contributed by atoms with Gasteiger partial charge in [0, 0.05) is 46.4 Å². The van der Waals surface area contributed by atoms with E-state index in [0.29, 0.717) is 56.5 Å². The number of aryl methyl sites for hydroxylation is 4. The van der Waals surface area contributed by atoms with E-state index in [2.05, 4.69) is 52.5 Å². The molecule has 10 rings (SSSR count). The molecule has 0 unspecified atom stereocenters. The molecule has 2 fully saturated rings. The van der Waals surface area contributed by atoms with E-state index in [1.165, 1.54) is 6.07 Å². The minimum Gasteiger partial charge on any atom is -0.423 e. The van der Waals surface area contributed by atoms with Crippen molar-refractivity contribution in [3.8, 4) is 21.8 Å². The Bertz CT molecular complexity index is 2830. The van der Waals surface area contributed by atoms with Crippen molar-refractivity contribution < 1.29 is 13.2 Å². The summed E-state index contributed by atoms with van der Waals surface area (Å²) in [6.07, 6.45) is 4.10. The largest absolute Gasteiger partial charge is 0.423 e. The number of pyridine rings is 2. The monoisotopic (exact) mass is 798 g/mol. The molecule has 0 amide bonds. The average Bonchev–Trinajstić information content (AvgIpc) is 3.85. The molecule has 2 aliphatic rings. The summed E-state index contributed by atoms with van der Waals surface area (Å²) in [5, 5.41) is 22.7. The summed E-state index contributed by atoms with van der Waals surface area (Å²) in [6, 6.07) is 14.5. The Hall–Kier alpha value is -5.44. The van der Waals surface area contributed by atoms with Crippen molar-refractivity contribution in [2.24, 2.45) is 0 Å². The Morgan fingerprint density at radius 1 is 0.707 bits per heavy atom. The SMILES string of the molecule is CCN1CCC(c2cc3c(F)cc(-c4nc5c(C)nc(C)cc5s4)cc3nn2)CC1.Cc1nc2c(C)cc(-c3cc(F)c4cc(C5CCNCC5)nnc4c3)nc2o1. The van der Waals surface area contributed by atoms with Gasteiger partial charge in [0.05, 0.1) is 38.5 Å². The number of benzene rings is 2. The van der Waals surface area contributed by atoms with Gasteiger partial charge in [0.2, 0.25) is 5.71 Å². The molecule has 14 heteroatoms. The molecule has 8 heterocycles. The first-order valence-corrected chi connectivity index (χ1v) is 20.8. The first-order chi connectivity index (χ1) is 28.1. The summed E-state index contributed by atoms with van der Waals surface area (Å²) in [6.45, 7) is 15.0. The van der Waals surface area contributed by atoms with Gasteiger partial charge in [0.15, 0.2) is 5.89 Å². The van der Waals surface area contributed by atoms with Crippen molar-refractivity contribution >= 4 is 54.6 Å². The summed E-state index contributed by atoms with van der Waals surface area (Å²) < 4.78 is 36.7. The predicted molar refractivity (Wildman–Crippen MR) is 224 cm³/mol. The maximum Gasteiger partial charge on any atom is 0.247 e. The van der Waals surface area contributed by atoms with Crippen LogP contribution in [0.25, 0.3) is 65.1 Å². The molecular formula is C44H44F2N10OS. The standard InChI is InChI=1S/C23H24FN5S.C21H20FN5O/c1-4-29-7-5-15(6-8-29)19-12-17-18(24)10-16(11-20(17)28-27-19)23-26-22-14(3)25-13(2)9-21(22)30-23;1-11-7-17(25-21-20(11)24-12(2)28-21)14-8-16(22)15-10-18(26-27-19(15)9-14)13-3-5-23-6-4-13/h9-12,15H,4-8H2,1-3H3;7-10,13,23H,3-6H2,1-2H3. The van der Waals surface area contributed by atoms with Gasteiger partial charge in [-0.15, -0.1) is 11.3 Å². The Morgan fingerprint density at radius 3 is 2.02 bits per heavy atom. The lowest BCUT2D eigenvalue weighted by molar-refractivity contribution is 0.220. The third-order valence-corrected chi connectivity index (χ3v) is 12.5. The average molecular weight is 799 g/mol. The highest BCUT2D eigenvalue weighted by Gasteiger charge is 2.23. The van der Waals surface area contributed by atoms with Gasteiger partial charge in [0.25, 0.3) is 0 Å². The van der Waals surface area contributed by atoms with E-state index >= 15 is 4.39 Å². The van der Waals surface area contributed by atoms with Gasteiger partial charge < -0.3 is 14.6 Å². The van der Waals surface area contributed by atoms with Crippen LogP contribution in [-0.2, 0) is 0 Å². The molecule has 296 valence electrons. The van der Waals surface area contributed by atoms with Crippen LogP contribution in [0.3, 0.4) is 0 Å². The molecule has 8 aromatic rings. The van der Waals surface area contributed by atoms with Crippen LogP contribution in [0.2, 0.25) is 0 Å². The zero-order valence-corrected chi connectivity index (χ0v) is 34.1. The Balaban J connectivity index is 0.000000151. The van der Waals surface area contributed by atoms with Crippen LogP contribution in [0.15, 0.2) is 52.9 Å². The molecule has 0 aliphatic carbocycles. The number of aromatic nitrogens is 8. The second-order valence-electron chi connectivity index (χ2n) is 15.5. The van der Waals surface area contributed by atoms with Crippen LogP contribution in [0.1, 0.15) is 78.7 Å². The minimum absolute atomic E-state index is 0.269. The van der Waals surface area contributed by atoms with E-state index in [0.717, 1.165) is 113 Å². The number of hydrogen-bond donors (Lipinski definition) is 1. The maximum absolute atomic E-state index is 15.1. The van der Waals surface area contributed by atoms with Gasteiger partial charge in [-0.1, -0.05) is 6.92 Å². The number of nitrogens with one attached hydrogen (secondary N) is 1. The van der Waals surface area contributed by atoms with Crippen molar-refractivity contribution in [1.29, 1.82) is 0 Å². The maximum atomic E-state index is 15.1.